The Hall–Kier alpha value is -2.17. The molecule has 3 rings (SSSR count). The summed E-state index contributed by atoms with van der Waals surface area (Å²) in [6.45, 7) is 1.05. The molecule has 2 aromatic rings. The van der Waals surface area contributed by atoms with Crippen LogP contribution in [0.3, 0.4) is 0 Å². The summed E-state index contributed by atoms with van der Waals surface area (Å²) in [6.07, 6.45) is 0. The number of amides is 1. The molecule has 0 radical (unpaired) electrons. The maximum absolute atomic E-state index is 12.9. The SMILES string of the molecule is COC(=O)c1ccc(Cl)c(NC(=O)c2cc(S(=O)(=O)N3CCOCC3)ccc2Cl)c1. The number of hydrogen-bond acceptors (Lipinski definition) is 6. The predicted octanol–water partition coefficient (Wildman–Crippen LogP) is 3.05. The Labute approximate surface area is 183 Å². The fourth-order valence-corrected chi connectivity index (χ4v) is 4.63. The Morgan fingerprint density at radius 2 is 1.73 bits per heavy atom. The first-order chi connectivity index (χ1) is 14.2. The van der Waals surface area contributed by atoms with Crippen LogP contribution in [0.5, 0.6) is 0 Å². The highest BCUT2D eigenvalue weighted by Crippen LogP contribution is 2.27. The maximum Gasteiger partial charge on any atom is 0.337 e. The first kappa shape index (κ1) is 22.5. The third-order valence-electron chi connectivity index (χ3n) is 4.43. The molecule has 30 heavy (non-hydrogen) atoms. The fourth-order valence-electron chi connectivity index (χ4n) is 2.83. The number of nitrogens with one attached hydrogen (secondary N) is 1. The van der Waals surface area contributed by atoms with Crippen molar-refractivity contribution in [3.8, 4) is 0 Å². The lowest BCUT2D eigenvalue weighted by molar-refractivity contribution is 0.0600. The number of halogens is 2. The van der Waals surface area contributed by atoms with Crippen LogP contribution in [0.4, 0.5) is 5.69 Å². The van der Waals surface area contributed by atoms with Crippen LogP contribution in [0.2, 0.25) is 10.0 Å². The first-order valence-electron chi connectivity index (χ1n) is 8.80. The minimum absolute atomic E-state index is 0.0504. The molecule has 2 aromatic carbocycles. The largest absolute Gasteiger partial charge is 0.465 e. The molecule has 1 N–H and O–H groups in total. The Morgan fingerprint density at radius 3 is 2.40 bits per heavy atom. The van der Waals surface area contributed by atoms with Crippen LogP contribution >= 0.6 is 23.2 Å². The zero-order valence-corrected chi connectivity index (χ0v) is 18.2. The van der Waals surface area contributed by atoms with Crippen molar-refractivity contribution in [1.82, 2.24) is 4.31 Å². The van der Waals surface area contributed by atoms with E-state index in [4.69, 9.17) is 27.9 Å². The molecule has 1 aliphatic heterocycles. The van der Waals surface area contributed by atoms with Crippen LogP contribution in [0.1, 0.15) is 20.7 Å². The summed E-state index contributed by atoms with van der Waals surface area (Å²) >= 11 is 12.2. The lowest BCUT2D eigenvalue weighted by atomic mass is 10.1. The molecule has 0 saturated carbocycles. The number of morpholine rings is 1. The van der Waals surface area contributed by atoms with Gasteiger partial charge in [0.15, 0.2) is 0 Å². The molecule has 0 spiro atoms. The van der Waals surface area contributed by atoms with Crippen LogP contribution in [0.15, 0.2) is 41.3 Å². The first-order valence-corrected chi connectivity index (χ1v) is 11.0. The van der Waals surface area contributed by atoms with Crippen molar-refractivity contribution >= 4 is 50.8 Å². The van der Waals surface area contributed by atoms with Gasteiger partial charge in [-0.2, -0.15) is 4.31 Å². The Morgan fingerprint density at radius 1 is 1.07 bits per heavy atom. The third-order valence-corrected chi connectivity index (χ3v) is 6.98. The second-order valence-corrected chi connectivity index (χ2v) is 9.05. The van der Waals surface area contributed by atoms with Gasteiger partial charge in [-0.3, -0.25) is 4.79 Å². The summed E-state index contributed by atoms with van der Waals surface area (Å²) in [7, 11) is -2.58. The number of benzene rings is 2. The minimum Gasteiger partial charge on any atom is -0.465 e. The van der Waals surface area contributed by atoms with Crippen molar-refractivity contribution in [2.24, 2.45) is 0 Å². The van der Waals surface area contributed by atoms with Gasteiger partial charge in [-0.05, 0) is 36.4 Å². The molecule has 8 nitrogen and oxygen atoms in total. The molecule has 0 aromatic heterocycles. The lowest BCUT2D eigenvalue weighted by Gasteiger charge is -2.26. The Balaban J connectivity index is 1.90. The van der Waals surface area contributed by atoms with E-state index in [9.17, 15) is 18.0 Å². The highest BCUT2D eigenvalue weighted by molar-refractivity contribution is 7.89. The molecule has 0 unspecified atom stereocenters. The van der Waals surface area contributed by atoms with Gasteiger partial charge >= 0.3 is 5.97 Å². The Kier molecular flexibility index (Phi) is 6.99. The van der Waals surface area contributed by atoms with Crippen molar-refractivity contribution < 1.29 is 27.5 Å². The summed E-state index contributed by atoms with van der Waals surface area (Å²) in [5.74, 6) is -1.28. The van der Waals surface area contributed by atoms with Gasteiger partial charge in [-0.15, -0.1) is 0 Å². The number of nitrogens with zero attached hydrogens (tertiary/aromatic N) is 1. The van der Waals surface area contributed by atoms with E-state index in [1.165, 1.54) is 47.8 Å². The van der Waals surface area contributed by atoms with Crippen LogP contribution < -0.4 is 5.32 Å². The van der Waals surface area contributed by atoms with Crippen molar-refractivity contribution in [2.45, 2.75) is 4.90 Å². The summed E-state index contributed by atoms with van der Waals surface area (Å²) < 4.78 is 36.9. The summed E-state index contributed by atoms with van der Waals surface area (Å²) in [4.78, 5) is 24.4. The van der Waals surface area contributed by atoms with E-state index in [2.05, 4.69) is 10.1 Å². The van der Waals surface area contributed by atoms with Gasteiger partial charge in [0, 0.05) is 13.1 Å². The smallest absolute Gasteiger partial charge is 0.337 e. The highest BCUT2D eigenvalue weighted by Gasteiger charge is 2.27. The van der Waals surface area contributed by atoms with Crippen LogP contribution in [0, 0.1) is 0 Å². The van der Waals surface area contributed by atoms with Crippen molar-refractivity contribution in [3.63, 3.8) is 0 Å². The number of rotatable bonds is 5. The van der Waals surface area contributed by atoms with Crippen LogP contribution in [-0.4, -0.2) is 58.0 Å². The van der Waals surface area contributed by atoms with E-state index in [1.54, 1.807) is 0 Å². The summed E-state index contributed by atoms with van der Waals surface area (Å²) in [5, 5.41) is 2.80. The van der Waals surface area contributed by atoms with E-state index in [0.717, 1.165) is 0 Å². The van der Waals surface area contributed by atoms with E-state index in [1.807, 2.05) is 0 Å². The molecule has 0 bridgehead atoms. The van der Waals surface area contributed by atoms with Crippen LogP contribution in [0.25, 0.3) is 0 Å². The number of ether oxygens (including phenoxy) is 2. The van der Waals surface area contributed by atoms with E-state index in [0.29, 0.717) is 13.2 Å². The third kappa shape index (κ3) is 4.76. The normalized spacial score (nSPS) is 14.9. The second-order valence-electron chi connectivity index (χ2n) is 6.30. The van der Waals surface area contributed by atoms with E-state index >= 15 is 0 Å². The van der Waals surface area contributed by atoms with Crippen molar-refractivity contribution in [1.29, 1.82) is 0 Å². The van der Waals surface area contributed by atoms with Gasteiger partial charge in [0.2, 0.25) is 10.0 Å². The molecule has 1 saturated heterocycles. The molecular weight excluding hydrogens is 455 g/mol. The topological polar surface area (TPSA) is 102 Å². The maximum atomic E-state index is 12.9. The fraction of sp³-hybridized carbons (Fsp3) is 0.263. The summed E-state index contributed by atoms with van der Waals surface area (Å²) in [6, 6.07) is 8.14. The number of methoxy groups -OCH3 is 1. The van der Waals surface area contributed by atoms with Crippen LogP contribution in [-0.2, 0) is 19.5 Å². The molecule has 1 aliphatic rings. The average molecular weight is 473 g/mol. The molecule has 1 amide bonds. The monoisotopic (exact) mass is 472 g/mol. The van der Waals surface area contributed by atoms with Crippen molar-refractivity contribution in [3.05, 3.63) is 57.6 Å². The molecule has 0 aliphatic carbocycles. The van der Waals surface area contributed by atoms with E-state index in [-0.39, 0.29) is 44.8 Å². The minimum atomic E-state index is -3.81. The number of esters is 1. The van der Waals surface area contributed by atoms with E-state index < -0.39 is 21.9 Å². The average Bonchev–Trinajstić information content (AvgIpc) is 2.75. The number of carbonyl (C=O) groups excluding carboxylic acids is 2. The quantitative estimate of drug-likeness (QED) is 0.670. The van der Waals surface area contributed by atoms with Gasteiger partial charge in [0.05, 0.1) is 52.1 Å². The molecule has 160 valence electrons. The van der Waals surface area contributed by atoms with Gasteiger partial charge in [0.25, 0.3) is 5.91 Å². The number of hydrogen-bond donors (Lipinski definition) is 1. The van der Waals surface area contributed by atoms with Gasteiger partial charge in [-0.1, -0.05) is 23.2 Å². The molecule has 1 fully saturated rings. The standard InChI is InChI=1S/C19H18Cl2N2O6S/c1-28-19(25)12-2-4-16(21)17(10-12)22-18(24)14-11-13(3-5-15(14)20)30(26,27)23-6-8-29-9-7-23/h2-5,10-11H,6-9H2,1H3,(H,22,24). The molecule has 0 atom stereocenters. The second kappa shape index (κ2) is 9.32. The highest BCUT2D eigenvalue weighted by atomic mass is 35.5. The number of carbonyl (C=O) groups is 2. The van der Waals surface area contributed by atoms with Gasteiger partial charge < -0.3 is 14.8 Å². The van der Waals surface area contributed by atoms with Gasteiger partial charge in [-0.25, -0.2) is 13.2 Å². The van der Waals surface area contributed by atoms with Crippen molar-refractivity contribution in [2.75, 3.05) is 38.7 Å². The predicted molar refractivity (Wildman–Crippen MR) is 112 cm³/mol. The molecule has 11 heteroatoms. The summed E-state index contributed by atoms with van der Waals surface area (Å²) in [5.41, 5.74) is 0.291. The van der Waals surface area contributed by atoms with Gasteiger partial charge in [0.1, 0.15) is 0 Å². The zero-order chi connectivity index (χ0) is 21.9. The lowest BCUT2D eigenvalue weighted by Crippen LogP contribution is -2.40. The number of anilines is 1. The number of sulfonamides is 1. The zero-order valence-electron chi connectivity index (χ0n) is 15.9. The Bertz CT molecular complexity index is 1080. The molecule has 1 heterocycles. The molecular formula is C19H18Cl2N2O6S.